The maximum Gasteiger partial charge on any atom is 0.210 e. The van der Waals surface area contributed by atoms with Crippen LogP contribution in [0.2, 0.25) is 0 Å². The van der Waals surface area contributed by atoms with Crippen molar-refractivity contribution in [1.29, 1.82) is 0 Å². The van der Waals surface area contributed by atoms with E-state index in [0.717, 1.165) is 28.5 Å². The van der Waals surface area contributed by atoms with Crippen molar-refractivity contribution in [3.8, 4) is 0 Å². The second-order valence-corrected chi connectivity index (χ2v) is 5.01. The van der Waals surface area contributed by atoms with Gasteiger partial charge in [0, 0.05) is 12.4 Å². The van der Waals surface area contributed by atoms with E-state index in [2.05, 4.69) is 44.9 Å². The molecule has 0 saturated heterocycles. The first-order valence-electron chi connectivity index (χ1n) is 5.90. The Morgan fingerprint density at radius 1 is 1.28 bits per heavy atom. The van der Waals surface area contributed by atoms with Gasteiger partial charge in [-0.2, -0.15) is 0 Å². The van der Waals surface area contributed by atoms with Crippen molar-refractivity contribution in [2.24, 2.45) is 7.05 Å². The Balaban J connectivity index is 2.42. The molecule has 0 unspecified atom stereocenters. The lowest BCUT2D eigenvalue weighted by molar-refractivity contribution is 0.857. The standard InChI is InChI=1S/C13H14N4S/c1-4-8-5-6-10-9(7-8)11-12(17(10)2)14-13(18-3)16-15-11/h5-7H,4H2,1-3H3. The van der Waals surface area contributed by atoms with Crippen LogP contribution in [0.3, 0.4) is 0 Å². The van der Waals surface area contributed by atoms with Crippen molar-refractivity contribution in [3.63, 3.8) is 0 Å². The Kier molecular flexibility index (Phi) is 2.70. The molecule has 2 aromatic heterocycles. The van der Waals surface area contributed by atoms with Crippen LogP contribution in [0.1, 0.15) is 12.5 Å². The predicted molar refractivity (Wildman–Crippen MR) is 75.0 cm³/mol. The van der Waals surface area contributed by atoms with Gasteiger partial charge in [-0.05, 0) is 30.4 Å². The average Bonchev–Trinajstić information content (AvgIpc) is 2.71. The first-order chi connectivity index (χ1) is 8.74. The molecule has 4 nitrogen and oxygen atoms in total. The van der Waals surface area contributed by atoms with Crippen molar-refractivity contribution in [1.82, 2.24) is 19.7 Å². The first kappa shape index (κ1) is 11.5. The molecular formula is C13H14N4S. The van der Waals surface area contributed by atoms with Gasteiger partial charge >= 0.3 is 0 Å². The van der Waals surface area contributed by atoms with Crippen LogP contribution in [-0.4, -0.2) is 26.0 Å². The molecule has 0 bridgehead atoms. The normalized spacial score (nSPS) is 11.5. The van der Waals surface area contributed by atoms with E-state index in [9.17, 15) is 0 Å². The summed E-state index contributed by atoms with van der Waals surface area (Å²) in [5.74, 6) is 0. The number of fused-ring (bicyclic) bond motifs is 3. The van der Waals surface area contributed by atoms with Crippen molar-refractivity contribution >= 4 is 33.8 Å². The van der Waals surface area contributed by atoms with Gasteiger partial charge in [0.1, 0.15) is 5.52 Å². The van der Waals surface area contributed by atoms with Crippen LogP contribution in [0.5, 0.6) is 0 Å². The summed E-state index contributed by atoms with van der Waals surface area (Å²) in [7, 11) is 2.02. The molecule has 18 heavy (non-hydrogen) atoms. The molecule has 3 aromatic rings. The third-order valence-electron chi connectivity index (χ3n) is 3.23. The molecule has 5 heteroatoms. The molecule has 0 aliphatic heterocycles. The second-order valence-electron chi connectivity index (χ2n) is 4.23. The monoisotopic (exact) mass is 258 g/mol. The number of rotatable bonds is 2. The molecule has 3 rings (SSSR count). The summed E-state index contributed by atoms with van der Waals surface area (Å²) in [6.45, 7) is 2.15. The predicted octanol–water partition coefficient (Wildman–Crippen LogP) is 2.80. The number of aromatic nitrogens is 4. The molecule has 0 amide bonds. The van der Waals surface area contributed by atoms with E-state index in [1.807, 2.05) is 13.3 Å². The third kappa shape index (κ3) is 1.58. The smallest absolute Gasteiger partial charge is 0.210 e. The minimum atomic E-state index is 0.712. The zero-order chi connectivity index (χ0) is 12.7. The van der Waals surface area contributed by atoms with Crippen molar-refractivity contribution < 1.29 is 0 Å². The zero-order valence-electron chi connectivity index (χ0n) is 10.6. The second kappa shape index (κ2) is 4.24. The summed E-state index contributed by atoms with van der Waals surface area (Å²) < 4.78 is 2.08. The average molecular weight is 258 g/mol. The topological polar surface area (TPSA) is 43.6 Å². The molecule has 2 heterocycles. The number of hydrogen-bond acceptors (Lipinski definition) is 4. The molecule has 0 N–H and O–H groups in total. The van der Waals surface area contributed by atoms with Crippen LogP contribution < -0.4 is 0 Å². The lowest BCUT2D eigenvalue weighted by atomic mass is 10.1. The molecule has 0 radical (unpaired) electrons. The largest absolute Gasteiger partial charge is 0.327 e. The van der Waals surface area contributed by atoms with E-state index in [1.165, 1.54) is 17.3 Å². The van der Waals surface area contributed by atoms with Crippen LogP contribution in [0.4, 0.5) is 0 Å². The Morgan fingerprint density at radius 2 is 2.11 bits per heavy atom. The van der Waals surface area contributed by atoms with Crippen molar-refractivity contribution in [3.05, 3.63) is 23.8 Å². The van der Waals surface area contributed by atoms with Gasteiger partial charge in [0.2, 0.25) is 5.16 Å². The Morgan fingerprint density at radius 3 is 2.83 bits per heavy atom. The van der Waals surface area contributed by atoms with Crippen LogP contribution in [-0.2, 0) is 13.5 Å². The van der Waals surface area contributed by atoms with E-state index in [1.54, 1.807) is 0 Å². The fourth-order valence-corrected chi connectivity index (χ4v) is 2.50. The van der Waals surface area contributed by atoms with Gasteiger partial charge in [0.25, 0.3) is 0 Å². The highest BCUT2D eigenvalue weighted by atomic mass is 32.2. The van der Waals surface area contributed by atoms with Crippen LogP contribution in [0.25, 0.3) is 22.1 Å². The van der Waals surface area contributed by atoms with Gasteiger partial charge in [-0.3, -0.25) is 0 Å². The van der Waals surface area contributed by atoms with Crippen LogP contribution in [0.15, 0.2) is 23.4 Å². The molecule has 0 fully saturated rings. The molecule has 0 aliphatic rings. The molecule has 0 atom stereocenters. The highest BCUT2D eigenvalue weighted by molar-refractivity contribution is 7.98. The zero-order valence-corrected chi connectivity index (χ0v) is 11.5. The Labute approximate surface area is 109 Å². The van der Waals surface area contributed by atoms with E-state index in [0.29, 0.717) is 5.16 Å². The van der Waals surface area contributed by atoms with Gasteiger partial charge in [0.15, 0.2) is 5.65 Å². The lowest BCUT2D eigenvalue weighted by Crippen LogP contribution is -1.94. The summed E-state index contributed by atoms with van der Waals surface area (Å²) in [6, 6.07) is 6.48. The first-order valence-corrected chi connectivity index (χ1v) is 7.12. The van der Waals surface area contributed by atoms with E-state index in [-0.39, 0.29) is 0 Å². The number of benzene rings is 1. The molecule has 92 valence electrons. The Hall–Kier alpha value is -1.62. The van der Waals surface area contributed by atoms with Gasteiger partial charge in [-0.25, -0.2) is 4.98 Å². The number of hydrogen-bond donors (Lipinski definition) is 0. The summed E-state index contributed by atoms with van der Waals surface area (Å²) in [6.07, 6.45) is 2.98. The van der Waals surface area contributed by atoms with E-state index in [4.69, 9.17) is 0 Å². The SMILES string of the molecule is CCc1ccc2c(c1)c1nnc(SC)nc1n2C. The highest BCUT2D eigenvalue weighted by Crippen LogP contribution is 2.26. The summed E-state index contributed by atoms with van der Waals surface area (Å²) >= 11 is 1.51. The summed E-state index contributed by atoms with van der Waals surface area (Å²) in [5.41, 5.74) is 4.26. The fourth-order valence-electron chi connectivity index (χ4n) is 2.20. The number of nitrogens with zero attached hydrogens (tertiary/aromatic N) is 4. The third-order valence-corrected chi connectivity index (χ3v) is 3.77. The summed E-state index contributed by atoms with van der Waals surface area (Å²) in [5, 5.41) is 10.3. The molecule has 0 aliphatic carbocycles. The minimum absolute atomic E-state index is 0.712. The highest BCUT2D eigenvalue weighted by Gasteiger charge is 2.12. The molecule has 0 saturated carbocycles. The molecule has 1 aromatic carbocycles. The Bertz CT molecular complexity index is 733. The number of aryl methyl sites for hydroxylation is 2. The lowest BCUT2D eigenvalue weighted by Gasteiger charge is -1.98. The van der Waals surface area contributed by atoms with Crippen LogP contribution >= 0.6 is 11.8 Å². The number of thioether (sulfide) groups is 1. The van der Waals surface area contributed by atoms with Gasteiger partial charge in [-0.1, -0.05) is 24.8 Å². The van der Waals surface area contributed by atoms with Gasteiger partial charge < -0.3 is 4.57 Å². The minimum Gasteiger partial charge on any atom is -0.327 e. The maximum absolute atomic E-state index is 4.54. The van der Waals surface area contributed by atoms with Crippen LogP contribution in [0, 0.1) is 0 Å². The van der Waals surface area contributed by atoms with E-state index < -0.39 is 0 Å². The van der Waals surface area contributed by atoms with Crippen molar-refractivity contribution in [2.45, 2.75) is 18.5 Å². The molecule has 0 spiro atoms. The van der Waals surface area contributed by atoms with Gasteiger partial charge in [0.05, 0.1) is 5.52 Å². The maximum atomic E-state index is 4.54. The van der Waals surface area contributed by atoms with E-state index >= 15 is 0 Å². The molecular weight excluding hydrogens is 244 g/mol. The van der Waals surface area contributed by atoms with Crippen molar-refractivity contribution in [2.75, 3.05) is 6.26 Å². The quantitative estimate of drug-likeness (QED) is 0.663. The summed E-state index contributed by atoms with van der Waals surface area (Å²) in [4.78, 5) is 4.54. The fraction of sp³-hybridized carbons (Fsp3) is 0.308. The van der Waals surface area contributed by atoms with Gasteiger partial charge in [-0.15, -0.1) is 10.2 Å².